The summed E-state index contributed by atoms with van der Waals surface area (Å²) in [4.78, 5) is 13.9. The Bertz CT molecular complexity index is 211. The van der Waals surface area contributed by atoms with E-state index in [4.69, 9.17) is 0 Å². The SMILES string of the molecule is CCC(CC)C(C)N1CCC(=O)C(C)C1. The van der Waals surface area contributed by atoms with Crippen LogP contribution < -0.4 is 0 Å². The summed E-state index contributed by atoms with van der Waals surface area (Å²) in [6, 6.07) is 0.635. The number of nitrogens with zero attached hydrogens (tertiary/aromatic N) is 1. The molecule has 0 aromatic heterocycles. The van der Waals surface area contributed by atoms with Gasteiger partial charge in [-0.15, -0.1) is 0 Å². The van der Waals surface area contributed by atoms with Crippen LogP contribution in [-0.2, 0) is 4.79 Å². The molecule has 0 aliphatic carbocycles. The van der Waals surface area contributed by atoms with E-state index in [1.807, 2.05) is 0 Å². The topological polar surface area (TPSA) is 20.3 Å². The molecule has 15 heavy (non-hydrogen) atoms. The molecule has 0 radical (unpaired) electrons. The second-order valence-corrected chi connectivity index (χ2v) is 4.93. The first-order valence-corrected chi connectivity index (χ1v) is 6.36. The van der Waals surface area contributed by atoms with Crippen molar-refractivity contribution in [3.8, 4) is 0 Å². The van der Waals surface area contributed by atoms with E-state index >= 15 is 0 Å². The predicted octanol–water partition coefficient (Wildman–Crippen LogP) is 2.72. The normalized spacial score (nSPS) is 25.9. The number of hydrogen-bond acceptors (Lipinski definition) is 2. The quantitative estimate of drug-likeness (QED) is 0.712. The van der Waals surface area contributed by atoms with Crippen LogP contribution in [-0.4, -0.2) is 29.8 Å². The summed E-state index contributed by atoms with van der Waals surface area (Å²) in [7, 11) is 0. The van der Waals surface area contributed by atoms with Crippen molar-refractivity contribution in [2.45, 2.75) is 53.0 Å². The van der Waals surface area contributed by atoms with Crippen molar-refractivity contribution in [2.75, 3.05) is 13.1 Å². The summed E-state index contributed by atoms with van der Waals surface area (Å²) in [5.41, 5.74) is 0. The van der Waals surface area contributed by atoms with Crippen LogP contribution in [0.15, 0.2) is 0 Å². The van der Waals surface area contributed by atoms with Gasteiger partial charge < -0.3 is 0 Å². The maximum atomic E-state index is 11.4. The minimum absolute atomic E-state index is 0.246. The molecule has 1 heterocycles. The minimum Gasteiger partial charge on any atom is -0.299 e. The molecule has 0 aromatic carbocycles. The molecule has 1 aliphatic rings. The molecule has 0 bridgehead atoms. The highest BCUT2D eigenvalue weighted by molar-refractivity contribution is 5.81. The van der Waals surface area contributed by atoms with Crippen molar-refractivity contribution in [2.24, 2.45) is 11.8 Å². The highest BCUT2D eigenvalue weighted by atomic mass is 16.1. The van der Waals surface area contributed by atoms with Gasteiger partial charge >= 0.3 is 0 Å². The molecule has 0 spiro atoms. The summed E-state index contributed by atoms with van der Waals surface area (Å²) in [5.74, 6) is 1.48. The van der Waals surface area contributed by atoms with Gasteiger partial charge in [-0.3, -0.25) is 9.69 Å². The van der Waals surface area contributed by atoms with E-state index in [2.05, 4.69) is 32.6 Å². The first-order chi connectivity index (χ1) is 7.10. The summed E-state index contributed by atoms with van der Waals surface area (Å²) in [6.45, 7) is 10.9. The van der Waals surface area contributed by atoms with Crippen LogP contribution >= 0.6 is 0 Å². The van der Waals surface area contributed by atoms with Gasteiger partial charge in [0.15, 0.2) is 0 Å². The fraction of sp³-hybridized carbons (Fsp3) is 0.923. The Labute approximate surface area is 94.0 Å². The molecule has 2 unspecified atom stereocenters. The number of ketones is 1. The van der Waals surface area contributed by atoms with Gasteiger partial charge in [-0.1, -0.05) is 33.6 Å². The van der Waals surface area contributed by atoms with Crippen LogP contribution in [0.4, 0.5) is 0 Å². The number of carbonyl (C=O) groups excluding carboxylic acids is 1. The van der Waals surface area contributed by atoms with Crippen LogP contribution in [0.25, 0.3) is 0 Å². The van der Waals surface area contributed by atoms with E-state index in [0.29, 0.717) is 11.8 Å². The molecule has 0 saturated carbocycles. The molecule has 1 saturated heterocycles. The molecule has 0 amide bonds. The maximum absolute atomic E-state index is 11.4. The number of Topliss-reactive ketones (excluding diaryl/α,β-unsaturated/α-hetero) is 1. The van der Waals surface area contributed by atoms with Crippen LogP contribution in [0, 0.1) is 11.8 Å². The lowest BCUT2D eigenvalue weighted by atomic mass is 9.90. The van der Waals surface area contributed by atoms with Crippen LogP contribution in [0.5, 0.6) is 0 Å². The van der Waals surface area contributed by atoms with Crippen LogP contribution in [0.1, 0.15) is 47.0 Å². The number of piperidine rings is 1. The third kappa shape index (κ3) is 3.04. The highest BCUT2D eigenvalue weighted by Crippen LogP contribution is 2.22. The van der Waals surface area contributed by atoms with E-state index in [0.717, 1.165) is 25.4 Å². The molecule has 2 nitrogen and oxygen atoms in total. The molecule has 88 valence electrons. The standard InChI is InChI=1S/C13H25NO/c1-5-12(6-2)11(4)14-8-7-13(15)10(3)9-14/h10-12H,5-9H2,1-4H3. The Hall–Kier alpha value is -0.370. The molecule has 1 rings (SSSR count). The van der Waals surface area contributed by atoms with Gasteiger partial charge in [0.1, 0.15) is 5.78 Å². The first kappa shape index (κ1) is 12.7. The molecular formula is C13H25NO. The average molecular weight is 211 g/mol. The Kier molecular flexibility index (Phi) is 4.78. The Morgan fingerprint density at radius 2 is 2.00 bits per heavy atom. The van der Waals surface area contributed by atoms with Crippen molar-refractivity contribution in [3.63, 3.8) is 0 Å². The molecule has 0 N–H and O–H groups in total. The van der Waals surface area contributed by atoms with E-state index in [1.165, 1.54) is 12.8 Å². The molecule has 1 fully saturated rings. The Balaban J connectivity index is 2.53. The zero-order valence-electron chi connectivity index (χ0n) is 10.6. The van der Waals surface area contributed by atoms with E-state index in [1.54, 1.807) is 0 Å². The molecular weight excluding hydrogens is 186 g/mol. The van der Waals surface area contributed by atoms with Crippen molar-refractivity contribution < 1.29 is 4.79 Å². The minimum atomic E-state index is 0.246. The van der Waals surface area contributed by atoms with Crippen LogP contribution in [0.2, 0.25) is 0 Å². The van der Waals surface area contributed by atoms with Gasteiger partial charge in [0, 0.05) is 31.5 Å². The Morgan fingerprint density at radius 3 is 2.47 bits per heavy atom. The van der Waals surface area contributed by atoms with Gasteiger partial charge in [-0.2, -0.15) is 0 Å². The summed E-state index contributed by atoms with van der Waals surface area (Å²) in [6.07, 6.45) is 3.25. The summed E-state index contributed by atoms with van der Waals surface area (Å²) < 4.78 is 0. The Morgan fingerprint density at radius 1 is 1.40 bits per heavy atom. The fourth-order valence-corrected chi connectivity index (χ4v) is 2.68. The summed E-state index contributed by atoms with van der Waals surface area (Å²) in [5, 5.41) is 0. The fourth-order valence-electron chi connectivity index (χ4n) is 2.68. The zero-order valence-corrected chi connectivity index (χ0v) is 10.6. The van der Waals surface area contributed by atoms with Gasteiger partial charge in [0.25, 0.3) is 0 Å². The van der Waals surface area contributed by atoms with Gasteiger partial charge in [-0.05, 0) is 12.8 Å². The molecule has 1 aliphatic heterocycles. The third-order valence-electron chi connectivity index (χ3n) is 4.01. The monoisotopic (exact) mass is 211 g/mol. The van der Waals surface area contributed by atoms with E-state index in [9.17, 15) is 4.79 Å². The second kappa shape index (κ2) is 5.64. The van der Waals surface area contributed by atoms with Crippen molar-refractivity contribution in [1.29, 1.82) is 0 Å². The maximum Gasteiger partial charge on any atom is 0.138 e. The zero-order chi connectivity index (χ0) is 11.4. The summed E-state index contributed by atoms with van der Waals surface area (Å²) >= 11 is 0. The van der Waals surface area contributed by atoms with Gasteiger partial charge in [0.05, 0.1) is 0 Å². The van der Waals surface area contributed by atoms with Gasteiger partial charge in [0.2, 0.25) is 0 Å². The average Bonchev–Trinajstić information content (AvgIpc) is 2.23. The lowest BCUT2D eigenvalue weighted by Gasteiger charge is -2.38. The molecule has 0 aromatic rings. The number of likely N-dealkylation sites (tertiary alicyclic amines) is 1. The van der Waals surface area contributed by atoms with Crippen molar-refractivity contribution in [3.05, 3.63) is 0 Å². The van der Waals surface area contributed by atoms with Crippen molar-refractivity contribution in [1.82, 2.24) is 4.90 Å². The number of hydrogen-bond donors (Lipinski definition) is 0. The highest BCUT2D eigenvalue weighted by Gasteiger charge is 2.28. The largest absolute Gasteiger partial charge is 0.299 e. The molecule has 2 heteroatoms. The third-order valence-corrected chi connectivity index (χ3v) is 4.01. The molecule has 2 atom stereocenters. The van der Waals surface area contributed by atoms with Crippen LogP contribution in [0.3, 0.4) is 0 Å². The smallest absolute Gasteiger partial charge is 0.138 e. The van der Waals surface area contributed by atoms with Crippen molar-refractivity contribution >= 4 is 5.78 Å². The second-order valence-electron chi connectivity index (χ2n) is 4.93. The number of carbonyl (C=O) groups is 1. The van der Waals surface area contributed by atoms with Gasteiger partial charge in [-0.25, -0.2) is 0 Å². The first-order valence-electron chi connectivity index (χ1n) is 6.36. The lowest BCUT2D eigenvalue weighted by molar-refractivity contribution is -0.126. The predicted molar refractivity (Wildman–Crippen MR) is 63.9 cm³/mol. The number of rotatable bonds is 4. The van der Waals surface area contributed by atoms with E-state index in [-0.39, 0.29) is 5.92 Å². The van der Waals surface area contributed by atoms with E-state index < -0.39 is 0 Å². The lowest BCUT2D eigenvalue weighted by Crippen LogP contribution is -2.46.